The van der Waals surface area contributed by atoms with Gasteiger partial charge in [0.1, 0.15) is 18.1 Å². The first-order valence-corrected chi connectivity index (χ1v) is 10.3. The number of aromatic nitrogens is 4. The Kier molecular flexibility index (Phi) is 6.14. The summed E-state index contributed by atoms with van der Waals surface area (Å²) in [7, 11) is 1.63. The second-order valence-corrected chi connectivity index (χ2v) is 7.39. The lowest BCUT2D eigenvalue weighted by Gasteiger charge is -2.07. The molecule has 7 nitrogen and oxygen atoms in total. The normalized spacial score (nSPS) is 10.7. The number of ether oxygens (including phenoxy) is 2. The molecule has 2 aromatic heterocycles. The quantitative estimate of drug-likeness (QED) is 0.342. The van der Waals surface area contributed by atoms with Gasteiger partial charge in [-0.05, 0) is 54.1 Å². The SMILES string of the molecule is COc1ccc(-c2nnc(SCc3ccc(OCc4ccccn4)cc3)n2N)cc1. The van der Waals surface area contributed by atoms with Crippen molar-refractivity contribution < 1.29 is 9.47 Å². The molecule has 2 aromatic carbocycles. The van der Waals surface area contributed by atoms with Crippen molar-refractivity contribution in [2.75, 3.05) is 13.0 Å². The van der Waals surface area contributed by atoms with Gasteiger partial charge in [0.05, 0.1) is 12.8 Å². The Labute approximate surface area is 178 Å². The Morgan fingerprint density at radius 1 is 0.933 bits per heavy atom. The number of hydrogen-bond donors (Lipinski definition) is 1. The largest absolute Gasteiger partial charge is 0.497 e. The number of hydrogen-bond acceptors (Lipinski definition) is 7. The molecule has 0 aliphatic carbocycles. The van der Waals surface area contributed by atoms with Crippen molar-refractivity contribution in [3.63, 3.8) is 0 Å². The predicted octanol–water partition coefficient (Wildman–Crippen LogP) is 3.93. The lowest BCUT2D eigenvalue weighted by atomic mass is 10.2. The monoisotopic (exact) mass is 419 g/mol. The van der Waals surface area contributed by atoms with Crippen LogP contribution < -0.4 is 15.3 Å². The van der Waals surface area contributed by atoms with Crippen molar-refractivity contribution >= 4 is 11.8 Å². The molecule has 0 saturated heterocycles. The molecule has 30 heavy (non-hydrogen) atoms. The highest BCUT2D eigenvalue weighted by Crippen LogP contribution is 2.26. The van der Waals surface area contributed by atoms with E-state index in [1.165, 1.54) is 16.4 Å². The molecule has 0 radical (unpaired) electrons. The highest BCUT2D eigenvalue weighted by molar-refractivity contribution is 7.98. The third-order valence-corrected chi connectivity index (χ3v) is 5.43. The van der Waals surface area contributed by atoms with Crippen molar-refractivity contribution in [3.05, 3.63) is 84.2 Å². The predicted molar refractivity (Wildman–Crippen MR) is 117 cm³/mol. The van der Waals surface area contributed by atoms with E-state index >= 15 is 0 Å². The van der Waals surface area contributed by atoms with E-state index in [9.17, 15) is 0 Å². The maximum absolute atomic E-state index is 6.20. The average molecular weight is 420 g/mol. The van der Waals surface area contributed by atoms with Gasteiger partial charge in [0.2, 0.25) is 5.16 Å². The Morgan fingerprint density at radius 2 is 1.70 bits per heavy atom. The molecule has 0 atom stereocenters. The summed E-state index contributed by atoms with van der Waals surface area (Å²) in [5, 5.41) is 9.09. The second-order valence-electron chi connectivity index (χ2n) is 6.45. The Morgan fingerprint density at radius 3 is 2.40 bits per heavy atom. The Bertz CT molecular complexity index is 1080. The minimum atomic E-state index is 0.444. The minimum Gasteiger partial charge on any atom is -0.497 e. The zero-order chi connectivity index (χ0) is 20.8. The van der Waals surface area contributed by atoms with Crippen LogP contribution in [-0.2, 0) is 12.4 Å². The number of nitrogens with zero attached hydrogens (tertiary/aromatic N) is 4. The van der Waals surface area contributed by atoms with Crippen LogP contribution in [0.15, 0.2) is 78.1 Å². The summed E-state index contributed by atoms with van der Waals surface area (Å²) < 4.78 is 12.5. The maximum atomic E-state index is 6.20. The molecular weight excluding hydrogens is 398 g/mol. The fourth-order valence-electron chi connectivity index (χ4n) is 2.78. The van der Waals surface area contributed by atoms with Crippen molar-refractivity contribution in [2.45, 2.75) is 17.5 Å². The van der Waals surface area contributed by atoms with Gasteiger partial charge in [-0.3, -0.25) is 4.98 Å². The van der Waals surface area contributed by atoms with Gasteiger partial charge in [-0.15, -0.1) is 10.2 Å². The van der Waals surface area contributed by atoms with Crippen molar-refractivity contribution in [1.29, 1.82) is 0 Å². The first-order chi connectivity index (χ1) is 14.7. The van der Waals surface area contributed by atoms with Crippen LogP contribution in [0, 0.1) is 0 Å². The molecule has 0 unspecified atom stereocenters. The van der Waals surface area contributed by atoms with E-state index in [4.69, 9.17) is 15.3 Å². The molecule has 0 fully saturated rings. The Balaban J connectivity index is 1.35. The van der Waals surface area contributed by atoms with E-state index in [0.29, 0.717) is 17.6 Å². The summed E-state index contributed by atoms with van der Waals surface area (Å²) in [6, 6.07) is 21.3. The standard InChI is InChI=1S/C22H21N5O2S/c1-28-19-11-7-17(8-12-19)21-25-26-22(27(21)23)30-15-16-5-9-20(10-6-16)29-14-18-4-2-3-13-24-18/h2-13H,14-15,23H2,1H3. The van der Waals surface area contributed by atoms with E-state index in [1.54, 1.807) is 13.3 Å². The summed E-state index contributed by atoms with van der Waals surface area (Å²) in [4.78, 5) is 4.25. The fourth-order valence-corrected chi connectivity index (χ4v) is 3.60. The van der Waals surface area contributed by atoms with Crippen LogP contribution in [0.3, 0.4) is 0 Å². The molecule has 2 heterocycles. The summed E-state index contributed by atoms with van der Waals surface area (Å²) >= 11 is 1.53. The van der Waals surface area contributed by atoms with Gasteiger partial charge in [-0.25, -0.2) is 4.68 Å². The van der Waals surface area contributed by atoms with Crippen LogP contribution >= 0.6 is 11.8 Å². The third kappa shape index (κ3) is 4.72. The minimum absolute atomic E-state index is 0.444. The average Bonchev–Trinajstić information content (AvgIpc) is 3.18. The smallest absolute Gasteiger partial charge is 0.210 e. The number of pyridine rings is 1. The molecular formula is C22H21N5O2S. The lowest BCUT2D eigenvalue weighted by molar-refractivity contribution is 0.301. The summed E-state index contributed by atoms with van der Waals surface area (Å²) in [6.07, 6.45) is 1.76. The summed E-state index contributed by atoms with van der Waals surface area (Å²) in [5.74, 6) is 9.12. The number of methoxy groups -OCH3 is 1. The molecule has 152 valence electrons. The van der Waals surface area contributed by atoms with E-state index in [0.717, 1.165) is 34.1 Å². The molecule has 8 heteroatoms. The third-order valence-electron chi connectivity index (χ3n) is 4.42. The van der Waals surface area contributed by atoms with E-state index in [1.807, 2.05) is 66.7 Å². The molecule has 2 N–H and O–H groups in total. The second kappa shape index (κ2) is 9.32. The van der Waals surface area contributed by atoms with Crippen LogP contribution in [0.25, 0.3) is 11.4 Å². The van der Waals surface area contributed by atoms with Crippen LogP contribution in [0.4, 0.5) is 0 Å². The molecule has 0 amide bonds. The van der Waals surface area contributed by atoms with Crippen LogP contribution in [0.5, 0.6) is 11.5 Å². The van der Waals surface area contributed by atoms with Gasteiger partial charge in [0.25, 0.3) is 0 Å². The van der Waals surface area contributed by atoms with Gasteiger partial charge in [0.15, 0.2) is 5.82 Å². The van der Waals surface area contributed by atoms with Crippen molar-refractivity contribution in [3.8, 4) is 22.9 Å². The number of rotatable bonds is 8. The van der Waals surface area contributed by atoms with E-state index in [2.05, 4.69) is 15.2 Å². The van der Waals surface area contributed by atoms with Crippen LogP contribution in [0.2, 0.25) is 0 Å². The lowest BCUT2D eigenvalue weighted by Crippen LogP contribution is -2.11. The number of nitrogen functional groups attached to an aromatic ring is 1. The van der Waals surface area contributed by atoms with Gasteiger partial charge in [-0.2, -0.15) is 0 Å². The van der Waals surface area contributed by atoms with Crippen molar-refractivity contribution in [2.24, 2.45) is 0 Å². The molecule has 0 spiro atoms. The maximum Gasteiger partial charge on any atom is 0.210 e. The van der Waals surface area contributed by atoms with E-state index in [-0.39, 0.29) is 0 Å². The molecule has 0 aliphatic rings. The highest BCUT2D eigenvalue weighted by atomic mass is 32.2. The molecule has 4 aromatic rings. The van der Waals surface area contributed by atoms with Gasteiger partial charge in [0, 0.05) is 17.5 Å². The van der Waals surface area contributed by atoms with Gasteiger partial charge < -0.3 is 15.3 Å². The zero-order valence-corrected chi connectivity index (χ0v) is 17.2. The van der Waals surface area contributed by atoms with Gasteiger partial charge in [-0.1, -0.05) is 30.0 Å². The topological polar surface area (TPSA) is 88.1 Å². The Hall–Kier alpha value is -3.52. The molecule has 0 bridgehead atoms. The zero-order valence-electron chi connectivity index (χ0n) is 16.4. The summed E-state index contributed by atoms with van der Waals surface area (Å²) in [5.41, 5.74) is 2.92. The highest BCUT2D eigenvalue weighted by Gasteiger charge is 2.12. The number of benzene rings is 2. The van der Waals surface area contributed by atoms with Crippen LogP contribution in [-0.4, -0.2) is 27.0 Å². The number of thioether (sulfide) groups is 1. The number of nitrogens with two attached hydrogens (primary N) is 1. The fraction of sp³-hybridized carbons (Fsp3) is 0.136. The van der Waals surface area contributed by atoms with Gasteiger partial charge >= 0.3 is 0 Å². The first kappa shape index (κ1) is 19.8. The van der Waals surface area contributed by atoms with E-state index < -0.39 is 0 Å². The molecule has 0 saturated carbocycles. The first-order valence-electron chi connectivity index (χ1n) is 9.32. The van der Waals surface area contributed by atoms with Crippen molar-refractivity contribution in [1.82, 2.24) is 19.9 Å². The molecule has 4 rings (SSSR count). The summed E-state index contributed by atoms with van der Waals surface area (Å²) in [6.45, 7) is 0.444. The van der Waals surface area contributed by atoms with Crippen LogP contribution in [0.1, 0.15) is 11.3 Å². The molecule has 0 aliphatic heterocycles.